The summed E-state index contributed by atoms with van der Waals surface area (Å²) < 4.78 is 76.6. The molecule has 3 fully saturated rings. The Labute approximate surface area is 135 Å². The van der Waals surface area contributed by atoms with Gasteiger partial charge in [-0.1, -0.05) is 0 Å². The van der Waals surface area contributed by atoms with Crippen LogP contribution >= 0.6 is 0 Å². The molecule has 3 aliphatic rings. The minimum atomic E-state index is -4.30. The number of nitrogens with one attached hydrogen (secondary N) is 2. The summed E-state index contributed by atoms with van der Waals surface area (Å²) in [7, 11) is -3.70. The van der Waals surface area contributed by atoms with Gasteiger partial charge in [0.2, 0.25) is 10.0 Å². The van der Waals surface area contributed by atoms with E-state index in [4.69, 9.17) is 0 Å². The summed E-state index contributed by atoms with van der Waals surface area (Å²) in [6, 6.07) is 2.91. The summed E-state index contributed by atoms with van der Waals surface area (Å²) in [5, 5.41) is 2.48. The number of carbonyl (C=O) groups is 1. The van der Waals surface area contributed by atoms with E-state index in [0.29, 0.717) is 0 Å². The molecule has 3 saturated carbocycles. The lowest BCUT2D eigenvalue weighted by molar-refractivity contribution is -0.336. The molecule has 0 spiro atoms. The number of hydrogen-bond donors (Lipinski definition) is 2. The van der Waals surface area contributed by atoms with Gasteiger partial charge in [0.15, 0.2) is 0 Å². The lowest BCUT2D eigenvalue weighted by Gasteiger charge is -2.70. The largest absolute Gasteiger partial charge is 0.394 e. The minimum absolute atomic E-state index is 0.131. The quantitative estimate of drug-likeness (QED) is 0.804. The first-order valence-corrected chi connectivity index (χ1v) is 8.91. The lowest BCUT2D eigenvalue weighted by atomic mass is 9.39. The van der Waals surface area contributed by atoms with E-state index < -0.39 is 38.9 Å². The van der Waals surface area contributed by atoms with Crippen LogP contribution < -0.4 is 10.0 Å². The zero-order valence-electron chi connectivity index (χ0n) is 12.5. The smallest absolute Gasteiger partial charge is 0.346 e. The van der Waals surface area contributed by atoms with Gasteiger partial charge in [0, 0.05) is 5.54 Å². The first-order valence-electron chi connectivity index (χ1n) is 7.02. The van der Waals surface area contributed by atoms with E-state index >= 15 is 0 Å². The number of halogens is 4. The van der Waals surface area contributed by atoms with Crippen molar-refractivity contribution in [1.82, 2.24) is 5.32 Å². The number of carbonyl (C=O) groups excluding carboxylic acids is 1. The predicted octanol–water partition coefficient (Wildman–Crippen LogP) is 2.41. The Bertz CT molecular complexity index is 800. The first kappa shape index (κ1) is 17.0. The summed E-state index contributed by atoms with van der Waals surface area (Å²) in [5.41, 5.74) is -3.07. The highest BCUT2D eigenvalue weighted by Crippen LogP contribution is 2.73. The number of anilines is 1. The van der Waals surface area contributed by atoms with E-state index in [1.807, 2.05) is 0 Å². The summed E-state index contributed by atoms with van der Waals surface area (Å²) in [4.78, 5) is 12.3. The Morgan fingerprint density at radius 3 is 2.29 bits per heavy atom. The molecule has 1 amide bonds. The standard InChI is InChI=1S/C14H14F4N2O3S/c1-24(22,23)20-10-3-2-8(15)4-9(10)11(21)19-13-5-12(6-13,7-13)14(16,17)18/h2-4,20H,5-7H2,1H3,(H,19,21). The molecule has 1 aromatic carbocycles. The van der Waals surface area contributed by atoms with Gasteiger partial charge in [0.1, 0.15) is 5.82 Å². The fraction of sp³-hybridized carbons (Fsp3) is 0.500. The van der Waals surface area contributed by atoms with Crippen molar-refractivity contribution in [3.05, 3.63) is 29.6 Å². The Morgan fingerprint density at radius 2 is 1.79 bits per heavy atom. The van der Waals surface area contributed by atoms with Crippen molar-refractivity contribution in [2.24, 2.45) is 5.41 Å². The number of hydrogen-bond acceptors (Lipinski definition) is 3. The van der Waals surface area contributed by atoms with Crippen LogP contribution in [0.5, 0.6) is 0 Å². The van der Waals surface area contributed by atoms with Gasteiger partial charge in [-0.2, -0.15) is 13.2 Å². The molecule has 2 N–H and O–H groups in total. The topological polar surface area (TPSA) is 75.3 Å². The molecular weight excluding hydrogens is 352 g/mol. The average molecular weight is 366 g/mol. The molecule has 0 heterocycles. The average Bonchev–Trinajstić information content (AvgIpc) is 2.30. The van der Waals surface area contributed by atoms with Crippen molar-refractivity contribution in [3.63, 3.8) is 0 Å². The SMILES string of the molecule is CS(=O)(=O)Nc1ccc(F)cc1C(=O)NC12CC(C(F)(F)F)(C1)C2. The van der Waals surface area contributed by atoms with Crippen molar-refractivity contribution in [1.29, 1.82) is 0 Å². The van der Waals surface area contributed by atoms with Gasteiger partial charge in [0.25, 0.3) is 5.91 Å². The van der Waals surface area contributed by atoms with Gasteiger partial charge < -0.3 is 5.32 Å². The number of benzene rings is 1. The number of alkyl halides is 3. The minimum Gasteiger partial charge on any atom is -0.346 e. The van der Waals surface area contributed by atoms with Crippen molar-refractivity contribution in [2.45, 2.75) is 31.0 Å². The lowest BCUT2D eigenvalue weighted by Crippen LogP contribution is -2.78. The highest BCUT2D eigenvalue weighted by molar-refractivity contribution is 7.92. The second kappa shape index (κ2) is 4.84. The van der Waals surface area contributed by atoms with E-state index in [2.05, 4.69) is 10.0 Å². The van der Waals surface area contributed by atoms with Crippen molar-refractivity contribution >= 4 is 21.6 Å². The van der Waals surface area contributed by atoms with Gasteiger partial charge in [-0.25, -0.2) is 12.8 Å². The van der Waals surface area contributed by atoms with E-state index in [9.17, 15) is 30.8 Å². The third kappa shape index (κ3) is 2.72. The van der Waals surface area contributed by atoms with Crippen LogP contribution in [0.25, 0.3) is 0 Å². The summed E-state index contributed by atoms with van der Waals surface area (Å²) in [6.07, 6.45) is -4.06. The molecule has 0 aliphatic heterocycles. The third-order valence-corrected chi connectivity index (χ3v) is 5.12. The molecule has 5 nitrogen and oxygen atoms in total. The first-order chi connectivity index (χ1) is 10.8. The Balaban J connectivity index is 1.77. The normalized spacial score (nSPS) is 28.5. The van der Waals surface area contributed by atoms with E-state index in [-0.39, 0.29) is 30.5 Å². The van der Waals surface area contributed by atoms with Crippen LogP contribution in [-0.4, -0.2) is 32.3 Å². The van der Waals surface area contributed by atoms with Crippen molar-refractivity contribution in [3.8, 4) is 0 Å². The van der Waals surface area contributed by atoms with Crippen LogP contribution in [0.4, 0.5) is 23.2 Å². The van der Waals surface area contributed by atoms with Crippen molar-refractivity contribution < 1.29 is 30.8 Å². The Hall–Kier alpha value is -1.84. The van der Waals surface area contributed by atoms with Gasteiger partial charge in [-0.15, -0.1) is 0 Å². The molecular formula is C14H14F4N2O3S. The fourth-order valence-corrected chi connectivity index (χ4v) is 4.10. The molecule has 0 saturated heterocycles. The Kier molecular flexibility index (Phi) is 3.43. The maximum Gasteiger partial charge on any atom is 0.394 e. The zero-order chi connectivity index (χ0) is 18.0. The van der Waals surface area contributed by atoms with E-state index in [0.717, 1.165) is 24.5 Å². The molecule has 10 heteroatoms. The van der Waals surface area contributed by atoms with Gasteiger partial charge in [-0.05, 0) is 37.5 Å². The number of amides is 1. The molecule has 0 atom stereocenters. The molecule has 132 valence electrons. The monoisotopic (exact) mass is 366 g/mol. The molecule has 2 bridgehead atoms. The van der Waals surface area contributed by atoms with Crippen LogP contribution in [0.1, 0.15) is 29.6 Å². The fourth-order valence-electron chi connectivity index (χ4n) is 3.52. The molecule has 24 heavy (non-hydrogen) atoms. The summed E-state index contributed by atoms with van der Waals surface area (Å²) in [5.74, 6) is -1.57. The molecule has 0 unspecified atom stereocenters. The molecule has 4 rings (SSSR count). The molecule has 1 aromatic rings. The molecule has 3 aliphatic carbocycles. The predicted molar refractivity (Wildman–Crippen MR) is 77.4 cm³/mol. The highest BCUT2D eigenvalue weighted by atomic mass is 32.2. The molecule has 0 radical (unpaired) electrons. The van der Waals surface area contributed by atoms with Gasteiger partial charge >= 0.3 is 6.18 Å². The van der Waals surface area contributed by atoms with E-state index in [1.54, 1.807) is 0 Å². The summed E-state index contributed by atoms with van der Waals surface area (Å²) >= 11 is 0. The summed E-state index contributed by atoms with van der Waals surface area (Å²) in [6.45, 7) is 0. The second-order valence-electron chi connectivity index (χ2n) is 6.61. The number of rotatable bonds is 4. The van der Waals surface area contributed by atoms with Crippen LogP contribution in [-0.2, 0) is 10.0 Å². The second-order valence-corrected chi connectivity index (χ2v) is 8.36. The maximum atomic E-state index is 13.4. The van der Waals surface area contributed by atoms with Gasteiger partial charge in [-0.3, -0.25) is 9.52 Å². The highest BCUT2D eigenvalue weighted by Gasteiger charge is 2.79. The van der Waals surface area contributed by atoms with E-state index in [1.165, 1.54) is 0 Å². The van der Waals surface area contributed by atoms with Crippen LogP contribution in [0.3, 0.4) is 0 Å². The maximum absolute atomic E-state index is 13.4. The van der Waals surface area contributed by atoms with Crippen LogP contribution in [0, 0.1) is 11.2 Å². The van der Waals surface area contributed by atoms with Gasteiger partial charge in [0.05, 0.1) is 22.9 Å². The number of sulfonamides is 1. The van der Waals surface area contributed by atoms with Crippen molar-refractivity contribution in [2.75, 3.05) is 11.0 Å². The van der Waals surface area contributed by atoms with Crippen LogP contribution in [0.15, 0.2) is 18.2 Å². The van der Waals surface area contributed by atoms with Crippen LogP contribution in [0.2, 0.25) is 0 Å². The third-order valence-electron chi connectivity index (χ3n) is 4.53. The molecule has 0 aromatic heterocycles. The zero-order valence-corrected chi connectivity index (χ0v) is 13.3. The Morgan fingerprint density at radius 1 is 1.21 bits per heavy atom.